The van der Waals surface area contributed by atoms with Crippen molar-refractivity contribution < 1.29 is 4.74 Å². The quantitative estimate of drug-likeness (QED) is 0.231. The van der Waals surface area contributed by atoms with Crippen LogP contribution in [0.3, 0.4) is 0 Å². The van der Waals surface area contributed by atoms with Crippen LogP contribution in [0.5, 0.6) is 5.75 Å². The molecular weight excluding hydrogens is 459 g/mol. The number of hydrogen-bond acceptors (Lipinski definition) is 1. The zero-order valence-electron chi connectivity index (χ0n) is 19.7. The van der Waals surface area contributed by atoms with Crippen LogP contribution in [0.2, 0.25) is 10.0 Å². The second-order valence-electron chi connectivity index (χ2n) is 9.63. The van der Waals surface area contributed by atoms with Crippen molar-refractivity contribution in [1.82, 2.24) is 0 Å². The van der Waals surface area contributed by atoms with E-state index >= 15 is 0 Å². The van der Waals surface area contributed by atoms with Gasteiger partial charge in [-0.05, 0) is 68.3 Å². The fourth-order valence-corrected chi connectivity index (χ4v) is 5.27. The Morgan fingerprint density at radius 1 is 0.588 bits per heavy atom. The monoisotopic (exact) mass is 484 g/mol. The van der Waals surface area contributed by atoms with Crippen LogP contribution in [0.25, 0.3) is 43.8 Å². The van der Waals surface area contributed by atoms with Crippen LogP contribution < -0.4 is 4.74 Å². The maximum absolute atomic E-state index is 6.91. The first-order valence-corrected chi connectivity index (χ1v) is 12.1. The molecule has 0 atom stereocenters. The summed E-state index contributed by atoms with van der Waals surface area (Å²) in [6, 6.07) is 29.2. The third-order valence-electron chi connectivity index (χ3n) is 6.48. The van der Waals surface area contributed by atoms with Gasteiger partial charge in [-0.15, -0.1) is 0 Å². The number of ether oxygens (including phenoxy) is 1. The smallest absolute Gasteiger partial charge is 0.118 e. The molecule has 0 aromatic heterocycles. The summed E-state index contributed by atoms with van der Waals surface area (Å²) in [5.74, 6) is 0.817. The van der Waals surface area contributed by atoms with Gasteiger partial charge < -0.3 is 4.74 Å². The minimum atomic E-state index is 0.0852. The fourth-order valence-electron chi connectivity index (χ4n) is 4.74. The summed E-state index contributed by atoms with van der Waals surface area (Å²) < 4.78 is 5.39. The van der Waals surface area contributed by atoms with Gasteiger partial charge >= 0.3 is 0 Å². The average molecular weight is 485 g/mol. The van der Waals surface area contributed by atoms with Gasteiger partial charge in [-0.2, -0.15) is 0 Å². The minimum absolute atomic E-state index is 0.0852. The molecule has 0 unspecified atom stereocenters. The van der Waals surface area contributed by atoms with Crippen molar-refractivity contribution in [1.29, 1.82) is 0 Å². The molecule has 0 heterocycles. The molecule has 0 N–H and O–H groups in total. The maximum atomic E-state index is 6.91. The lowest BCUT2D eigenvalue weighted by Crippen LogP contribution is -2.10. The minimum Gasteiger partial charge on any atom is -0.497 e. The molecule has 1 nitrogen and oxygen atoms in total. The van der Waals surface area contributed by atoms with Crippen LogP contribution >= 0.6 is 23.2 Å². The largest absolute Gasteiger partial charge is 0.497 e. The lowest BCUT2D eigenvalue weighted by atomic mass is 9.83. The fraction of sp³-hybridized carbons (Fsp3) is 0.161. The Balaban J connectivity index is 1.92. The van der Waals surface area contributed by atoms with E-state index in [4.69, 9.17) is 27.9 Å². The Hall–Kier alpha value is -3.00. The Morgan fingerprint density at radius 3 is 1.44 bits per heavy atom. The van der Waals surface area contributed by atoms with E-state index < -0.39 is 0 Å². The number of benzene rings is 5. The van der Waals surface area contributed by atoms with E-state index in [1.165, 1.54) is 5.56 Å². The first-order chi connectivity index (χ1) is 16.3. The van der Waals surface area contributed by atoms with Crippen molar-refractivity contribution >= 4 is 44.7 Å². The predicted octanol–water partition coefficient (Wildman–Crippen LogP) is 9.94. The normalized spacial score (nSPS) is 11.8. The number of methoxy groups -OCH3 is 1. The maximum Gasteiger partial charge on any atom is 0.118 e. The lowest BCUT2D eigenvalue weighted by Gasteiger charge is -2.21. The van der Waals surface area contributed by atoms with Gasteiger partial charge in [0.25, 0.3) is 0 Å². The van der Waals surface area contributed by atoms with Crippen molar-refractivity contribution in [3.8, 4) is 28.0 Å². The molecule has 5 aromatic carbocycles. The molecule has 0 aliphatic rings. The van der Waals surface area contributed by atoms with Gasteiger partial charge in [-0.3, -0.25) is 0 Å². The number of rotatable bonds is 3. The zero-order chi connectivity index (χ0) is 24.0. The second kappa shape index (κ2) is 8.65. The van der Waals surface area contributed by atoms with Crippen LogP contribution in [0.15, 0.2) is 84.9 Å². The zero-order valence-corrected chi connectivity index (χ0v) is 21.3. The second-order valence-corrected chi connectivity index (χ2v) is 10.4. The molecule has 0 aliphatic heterocycles. The van der Waals surface area contributed by atoms with Crippen LogP contribution in [-0.4, -0.2) is 7.11 Å². The topological polar surface area (TPSA) is 9.23 Å². The molecule has 0 fully saturated rings. The Kier molecular flexibility index (Phi) is 5.80. The van der Waals surface area contributed by atoms with Gasteiger partial charge in [0.15, 0.2) is 0 Å². The SMILES string of the molecule is COc1ccc(-c2c3cccc(Cl)c3c(-c3ccc(C(C)(C)C)cc3)c3cccc(Cl)c23)cc1. The van der Waals surface area contributed by atoms with E-state index in [1.54, 1.807) is 7.11 Å². The molecule has 0 amide bonds. The first kappa shape index (κ1) is 22.8. The standard InChI is InChI=1S/C31H26Cl2O/c1-31(2,3)21-15-11-19(12-16-21)27-23-7-5-10-26(33)30(23)28(20-13-17-22(34-4)18-14-20)24-8-6-9-25(32)29(24)27/h5-18H,1-4H3. The van der Waals surface area contributed by atoms with Crippen molar-refractivity contribution in [2.45, 2.75) is 26.2 Å². The summed E-state index contributed by atoms with van der Waals surface area (Å²) in [5, 5.41) is 5.67. The van der Waals surface area contributed by atoms with Crippen LogP contribution in [0.4, 0.5) is 0 Å². The highest BCUT2D eigenvalue weighted by Gasteiger charge is 2.21. The molecule has 0 aliphatic carbocycles. The van der Waals surface area contributed by atoms with Crippen LogP contribution in [-0.2, 0) is 5.41 Å². The molecule has 3 heteroatoms. The average Bonchev–Trinajstić information content (AvgIpc) is 2.83. The van der Waals surface area contributed by atoms with Crippen LogP contribution in [0, 0.1) is 0 Å². The first-order valence-electron chi connectivity index (χ1n) is 11.4. The summed E-state index contributed by atoms with van der Waals surface area (Å²) in [5.41, 5.74) is 5.76. The molecule has 0 saturated carbocycles. The van der Waals surface area contributed by atoms with Gasteiger partial charge in [-0.25, -0.2) is 0 Å². The van der Waals surface area contributed by atoms with Gasteiger partial charge in [-0.1, -0.05) is 105 Å². The summed E-state index contributed by atoms with van der Waals surface area (Å²) in [6.07, 6.45) is 0. The van der Waals surface area contributed by atoms with E-state index in [0.29, 0.717) is 0 Å². The number of fused-ring (bicyclic) bond motifs is 2. The van der Waals surface area contributed by atoms with Crippen molar-refractivity contribution in [2.75, 3.05) is 7.11 Å². The summed E-state index contributed by atoms with van der Waals surface area (Å²) in [6.45, 7) is 6.69. The molecule has 0 saturated heterocycles. The predicted molar refractivity (Wildman–Crippen MR) is 148 cm³/mol. The highest BCUT2D eigenvalue weighted by Crippen LogP contribution is 2.48. The molecule has 0 spiro atoms. The van der Waals surface area contributed by atoms with Gasteiger partial charge in [0, 0.05) is 20.8 Å². The van der Waals surface area contributed by atoms with Gasteiger partial charge in [0.2, 0.25) is 0 Å². The molecule has 34 heavy (non-hydrogen) atoms. The van der Waals surface area contributed by atoms with Crippen molar-refractivity contribution in [2.24, 2.45) is 0 Å². The van der Waals surface area contributed by atoms with E-state index in [9.17, 15) is 0 Å². The third-order valence-corrected chi connectivity index (χ3v) is 7.11. The Labute approximate surface area is 210 Å². The van der Waals surface area contributed by atoms with E-state index in [2.05, 4.69) is 69.3 Å². The number of hydrogen-bond donors (Lipinski definition) is 0. The molecule has 5 aromatic rings. The number of halogens is 2. The van der Waals surface area contributed by atoms with E-state index in [-0.39, 0.29) is 5.41 Å². The lowest BCUT2D eigenvalue weighted by molar-refractivity contribution is 0.415. The Morgan fingerprint density at radius 2 is 1.03 bits per heavy atom. The summed E-state index contributed by atoms with van der Waals surface area (Å²) >= 11 is 13.8. The van der Waals surface area contributed by atoms with Gasteiger partial charge in [0.05, 0.1) is 7.11 Å². The van der Waals surface area contributed by atoms with E-state index in [1.807, 2.05) is 36.4 Å². The van der Waals surface area contributed by atoms with Gasteiger partial charge in [0.1, 0.15) is 5.75 Å². The van der Waals surface area contributed by atoms with E-state index in [0.717, 1.165) is 59.6 Å². The molecule has 5 rings (SSSR count). The summed E-state index contributed by atoms with van der Waals surface area (Å²) in [4.78, 5) is 0. The third kappa shape index (κ3) is 3.83. The molecule has 0 bridgehead atoms. The Bertz CT molecular complexity index is 1510. The highest BCUT2D eigenvalue weighted by atomic mass is 35.5. The van der Waals surface area contributed by atoms with Crippen LogP contribution in [0.1, 0.15) is 26.3 Å². The molecule has 170 valence electrons. The molecular formula is C31H26Cl2O. The molecule has 0 radical (unpaired) electrons. The highest BCUT2D eigenvalue weighted by molar-refractivity contribution is 6.42. The van der Waals surface area contributed by atoms with Crippen molar-refractivity contribution in [3.05, 3.63) is 101 Å². The van der Waals surface area contributed by atoms with Crippen molar-refractivity contribution in [3.63, 3.8) is 0 Å². The summed E-state index contributed by atoms with van der Waals surface area (Å²) in [7, 11) is 1.68.